The average molecular weight is 411 g/mol. The quantitative estimate of drug-likeness (QED) is 0.420. The second kappa shape index (κ2) is 8.27. The molecule has 4 rings (SSSR count). The fraction of sp³-hybridized carbons (Fsp3) is 0.182. The molecule has 0 saturated carbocycles. The first-order valence-electron chi connectivity index (χ1n) is 9.11. The summed E-state index contributed by atoms with van der Waals surface area (Å²) in [6.07, 6.45) is 0. The lowest BCUT2D eigenvalue weighted by Gasteiger charge is -2.06. The first-order valence-corrected chi connectivity index (χ1v) is 10.3. The van der Waals surface area contributed by atoms with Crippen molar-refractivity contribution in [1.82, 2.24) is 4.57 Å². The number of hydrogen-bond acceptors (Lipinski definition) is 3. The Kier molecular flexibility index (Phi) is 5.57. The molecule has 1 amide bonds. The minimum atomic E-state index is -0.341. The van der Waals surface area contributed by atoms with Gasteiger partial charge in [-0.05, 0) is 30.5 Å². The summed E-state index contributed by atoms with van der Waals surface area (Å²) in [6.45, 7) is 3.80. The third-order valence-electron chi connectivity index (χ3n) is 4.54. The van der Waals surface area contributed by atoms with E-state index in [1.54, 1.807) is 24.3 Å². The summed E-state index contributed by atoms with van der Waals surface area (Å²) in [5.41, 5.74) is 1.46. The maximum atomic E-state index is 12.8. The van der Waals surface area contributed by atoms with Crippen molar-refractivity contribution >= 4 is 49.8 Å². The summed E-state index contributed by atoms with van der Waals surface area (Å²) in [4.78, 5) is 17.8. The van der Waals surface area contributed by atoms with E-state index in [1.165, 1.54) is 11.3 Å². The van der Waals surface area contributed by atoms with Crippen LogP contribution in [-0.2, 0) is 11.3 Å². The van der Waals surface area contributed by atoms with Gasteiger partial charge in [0.1, 0.15) is 0 Å². The van der Waals surface area contributed by atoms with Crippen molar-refractivity contribution in [3.63, 3.8) is 0 Å². The Morgan fingerprint density at radius 3 is 2.71 bits per heavy atom. The molecular weight excluding hydrogens is 392 g/mol. The van der Waals surface area contributed by atoms with Gasteiger partial charge in [-0.15, -0.1) is 0 Å². The smallest absolute Gasteiger partial charge is 0.281 e. The first kappa shape index (κ1) is 18.9. The Morgan fingerprint density at radius 1 is 1.11 bits per heavy atom. The number of benzene rings is 3. The number of carbonyl (C=O) groups excluding carboxylic acids is 1. The van der Waals surface area contributed by atoms with Crippen molar-refractivity contribution in [1.29, 1.82) is 0 Å². The van der Waals surface area contributed by atoms with Crippen molar-refractivity contribution in [3.05, 3.63) is 76.1 Å². The van der Waals surface area contributed by atoms with Crippen LogP contribution in [0.4, 0.5) is 0 Å². The molecule has 0 aliphatic carbocycles. The van der Waals surface area contributed by atoms with Crippen LogP contribution in [-0.4, -0.2) is 23.7 Å². The molecule has 0 aliphatic heterocycles. The van der Waals surface area contributed by atoms with Crippen LogP contribution in [0.25, 0.3) is 21.0 Å². The molecule has 0 atom stereocenters. The highest BCUT2D eigenvalue weighted by Crippen LogP contribution is 2.27. The van der Waals surface area contributed by atoms with Gasteiger partial charge >= 0.3 is 0 Å². The molecule has 0 unspecified atom stereocenters. The van der Waals surface area contributed by atoms with Gasteiger partial charge in [-0.2, -0.15) is 4.99 Å². The SMILES string of the molecule is CCOCCn1c(=NC(=O)c2ccccc2Cl)sc2c3ccccc3ccc21. The van der Waals surface area contributed by atoms with Gasteiger partial charge in [-0.25, -0.2) is 0 Å². The molecule has 4 aromatic rings. The summed E-state index contributed by atoms with van der Waals surface area (Å²) in [6, 6.07) is 19.4. The summed E-state index contributed by atoms with van der Waals surface area (Å²) >= 11 is 7.70. The molecule has 0 radical (unpaired) electrons. The molecule has 0 aliphatic rings. The Bertz CT molecular complexity index is 1230. The number of aromatic nitrogens is 1. The Labute approximate surface area is 171 Å². The van der Waals surface area contributed by atoms with Crippen LogP contribution < -0.4 is 4.80 Å². The maximum absolute atomic E-state index is 12.8. The molecule has 0 bridgehead atoms. The largest absolute Gasteiger partial charge is 0.380 e. The van der Waals surface area contributed by atoms with Crippen LogP contribution >= 0.6 is 22.9 Å². The zero-order chi connectivity index (χ0) is 19.5. The van der Waals surface area contributed by atoms with Gasteiger partial charge in [-0.3, -0.25) is 4.79 Å². The lowest BCUT2D eigenvalue weighted by Crippen LogP contribution is -2.19. The van der Waals surface area contributed by atoms with E-state index in [0.29, 0.717) is 35.1 Å². The summed E-state index contributed by atoms with van der Waals surface area (Å²) in [5.74, 6) is -0.341. The highest BCUT2D eigenvalue weighted by molar-refractivity contribution is 7.17. The van der Waals surface area contributed by atoms with Crippen molar-refractivity contribution in [2.45, 2.75) is 13.5 Å². The van der Waals surface area contributed by atoms with Crippen molar-refractivity contribution in [3.8, 4) is 0 Å². The number of thiazole rings is 1. The Hall–Kier alpha value is -2.47. The second-order valence-corrected chi connectivity index (χ2v) is 7.65. The normalized spacial score (nSPS) is 12.1. The molecule has 0 spiro atoms. The molecule has 3 aromatic carbocycles. The third kappa shape index (κ3) is 3.61. The highest BCUT2D eigenvalue weighted by Gasteiger charge is 2.13. The monoisotopic (exact) mass is 410 g/mol. The number of halogens is 1. The van der Waals surface area contributed by atoms with Gasteiger partial charge in [0.2, 0.25) is 0 Å². The Balaban J connectivity index is 1.90. The van der Waals surface area contributed by atoms with E-state index in [9.17, 15) is 4.79 Å². The van der Waals surface area contributed by atoms with Crippen molar-refractivity contribution in [2.24, 2.45) is 4.99 Å². The molecule has 6 heteroatoms. The van der Waals surface area contributed by atoms with E-state index in [4.69, 9.17) is 16.3 Å². The first-order chi connectivity index (χ1) is 13.7. The van der Waals surface area contributed by atoms with Gasteiger partial charge < -0.3 is 9.30 Å². The molecule has 0 N–H and O–H groups in total. The zero-order valence-electron chi connectivity index (χ0n) is 15.4. The van der Waals surface area contributed by atoms with Gasteiger partial charge in [-0.1, -0.05) is 65.4 Å². The topological polar surface area (TPSA) is 43.6 Å². The predicted molar refractivity (Wildman–Crippen MR) is 115 cm³/mol. The summed E-state index contributed by atoms with van der Waals surface area (Å²) in [7, 11) is 0. The molecule has 4 nitrogen and oxygen atoms in total. The number of rotatable bonds is 5. The standard InChI is InChI=1S/C22H19ClN2O2S/c1-2-27-14-13-25-19-12-11-15-7-3-4-8-16(15)20(19)28-22(25)24-21(26)17-9-5-6-10-18(17)23/h3-12H,2,13-14H2,1H3. The van der Waals surface area contributed by atoms with E-state index >= 15 is 0 Å². The van der Waals surface area contributed by atoms with Gasteiger partial charge in [0.05, 0.1) is 27.4 Å². The predicted octanol–water partition coefficient (Wildman–Crippen LogP) is 5.29. The minimum absolute atomic E-state index is 0.341. The molecule has 1 heterocycles. The van der Waals surface area contributed by atoms with Crippen LogP contribution in [0.3, 0.4) is 0 Å². The number of ether oxygens (including phenoxy) is 1. The molecule has 142 valence electrons. The highest BCUT2D eigenvalue weighted by atomic mass is 35.5. The summed E-state index contributed by atoms with van der Waals surface area (Å²) in [5, 5.41) is 2.72. The van der Waals surface area contributed by atoms with Crippen LogP contribution in [0.5, 0.6) is 0 Å². The van der Waals surface area contributed by atoms with Gasteiger partial charge in [0.25, 0.3) is 5.91 Å². The molecule has 0 saturated heterocycles. The van der Waals surface area contributed by atoms with E-state index in [2.05, 4.69) is 33.8 Å². The minimum Gasteiger partial charge on any atom is -0.380 e. The third-order valence-corrected chi connectivity index (χ3v) is 6.00. The van der Waals surface area contributed by atoms with Gasteiger partial charge in [0, 0.05) is 18.5 Å². The molecule has 1 aromatic heterocycles. The van der Waals surface area contributed by atoms with E-state index in [-0.39, 0.29) is 5.91 Å². The van der Waals surface area contributed by atoms with Crippen LogP contribution in [0.1, 0.15) is 17.3 Å². The van der Waals surface area contributed by atoms with Crippen LogP contribution in [0.15, 0.2) is 65.7 Å². The molecule has 0 fully saturated rings. The fourth-order valence-electron chi connectivity index (χ4n) is 3.18. The number of fused-ring (bicyclic) bond motifs is 3. The number of nitrogens with zero attached hydrogens (tertiary/aromatic N) is 2. The number of carbonyl (C=O) groups is 1. The fourth-order valence-corrected chi connectivity index (χ4v) is 4.59. The van der Waals surface area contributed by atoms with Crippen molar-refractivity contribution in [2.75, 3.05) is 13.2 Å². The van der Waals surface area contributed by atoms with Crippen molar-refractivity contribution < 1.29 is 9.53 Å². The number of amides is 1. The van der Waals surface area contributed by atoms with Crippen LogP contribution in [0.2, 0.25) is 5.02 Å². The lowest BCUT2D eigenvalue weighted by atomic mass is 10.1. The summed E-state index contributed by atoms with van der Waals surface area (Å²) < 4.78 is 8.71. The lowest BCUT2D eigenvalue weighted by molar-refractivity contribution is 0.0997. The molecular formula is C22H19ClN2O2S. The van der Waals surface area contributed by atoms with Gasteiger partial charge in [0.15, 0.2) is 4.80 Å². The Morgan fingerprint density at radius 2 is 1.89 bits per heavy atom. The van der Waals surface area contributed by atoms with E-state index in [0.717, 1.165) is 21.0 Å². The zero-order valence-corrected chi connectivity index (χ0v) is 17.0. The van der Waals surface area contributed by atoms with E-state index in [1.807, 2.05) is 19.1 Å². The van der Waals surface area contributed by atoms with Crippen LogP contribution in [0, 0.1) is 0 Å². The average Bonchev–Trinajstić information content (AvgIpc) is 3.06. The van der Waals surface area contributed by atoms with E-state index < -0.39 is 0 Å². The number of hydrogen-bond donors (Lipinski definition) is 0. The second-order valence-electron chi connectivity index (χ2n) is 6.26. The molecule has 28 heavy (non-hydrogen) atoms. The maximum Gasteiger partial charge on any atom is 0.281 e.